The Morgan fingerprint density at radius 1 is 1.14 bits per heavy atom. The van der Waals surface area contributed by atoms with Crippen molar-refractivity contribution in [1.29, 1.82) is 0 Å². The Hall–Kier alpha value is -3.59. The van der Waals surface area contributed by atoms with Crippen molar-refractivity contribution >= 4 is 32.7 Å². The lowest BCUT2D eigenvalue weighted by Crippen LogP contribution is -2.17. The fourth-order valence-electron chi connectivity index (χ4n) is 3.53. The highest BCUT2D eigenvalue weighted by atomic mass is 32.2. The molecule has 0 atom stereocenters. The molecule has 1 saturated carbocycles. The molecule has 0 amide bonds. The Morgan fingerprint density at radius 3 is 2.66 bits per heavy atom. The molecule has 1 aliphatic carbocycles. The number of alkyl halides is 3. The summed E-state index contributed by atoms with van der Waals surface area (Å²) in [5, 5.41) is 16.0. The molecule has 4 aromatic rings. The zero-order valence-electron chi connectivity index (χ0n) is 18.0. The number of rotatable bonds is 8. The zero-order valence-corrected chi connectivity index (χ0v) is 18.8. The largest absolute Gasteiger partial charge is 0.390 e. The molecule has 0 aliphatic heterocycles. The van der Waals surface area contributed by atoms with Crippen molar-refractivity contribution < 1.29 is 26.7 Å². The Bertz CT molecular complexity index is 1500. The van der Waals surface area contributed by atoms with E-state index in [1.165, 1.54) is 35.4 Å². The number of halogens is 3. The highest BCUT2D eigenvalue weighted by Gasteiger charge is 2.37. The van der Waals surface area contributed by atoms with Crippen LogP contribution in [0.2, 0.25) is 0 Å². The van der Waals surface area contributed by atoms with Gasteiger partial charge < -0.3 is 15.0 Å². The van der Waals surface area contributed by atoms with Crippen LogP contribution in [-0.2, 0) is 23.2 Å². The Kier molecular flexibility index (Phi) is 5.67. The van der Waals surface area contributed by atoms with Crippen LogP contribution in [0.4, 0.5) is 24.8 Å². The number of nitrogens with zero attached hydrogens (tertiary/aromatic N) is 7. The van der Waals surface area contributed by atoms with E-state index in [1.807, 2.05) is 0 Å². The Balaban J connectivity index is 1.40. The maximum atomic E-state index is 12.8. The van der Waals surface area contributed by atoms with Crippen molar-refractivity contribution in [2.75, 3.05) is 5.32 Å². The number of pyridine rings is 1. The summed E-state index contributed by atoms with van der Waals surface area (Å²) in [5.74, 6) is 0.937. The molecule has 35 heavy (non-hydrogen) atoms. The molecule has 5 rings (SSSR count). The summed E-state index contributed by atoms with van der Waals surface area (Å²) in [6.07, 6.45) is 1.35. The van der Waals surface area contributed by atoms with E-state index >= 15 is 0 Å². The third-order valence-corrected chi connectivity index (χ3v) is 7.45. The number of aromatic nitrogens is 7. The first-order valence-electron chi connectivity index (χ1n) is 10.6. The van der Waals surface area contributed by atoms with Gasteiger partial charge in [0, 0.05) is 18.8 Å². The third-order valence-electron chi connectivity index (χ3n) is 5.41. The number of nitrogens with one attached hydrogen (secondary N) is 1. The van der Waals surface area contributed by atoms with Gasteiger partial charge in [0.25, 0.3) is 10.0 Å². The lowest BCUT2D eigenvalue weighted by atomic mass is 10.3. The average molecular weight is 508 g/mol. The third kappa shape index (κ3) is 4.81. The number of aliphatic hydroxyl groups excluding tert-OH is 1. The maximum absolute atomic E-state index is 12.8. The predicted octanol–water partition coefficient (Wildman–Crippen LogP) is 2.61. The molecular weight excluding hydrogens is 489 g/mol. The minimum Gasteiger partial charge on any atom is -0.388 e. The average Bonchev–Trinajstić information content (AvgIpc) is 3.45. The molecule has 0 radical (unpaired) electrons. The van der Waals surface area contributed by atoms with Gasteiger partial charge in [0.2, 0.25) is 0 Å². The van der Waals surface area contributed by atoms with Crippen molar-refractivity contribution in [3.63, 3.8) is 0 Å². The maximum Gasteiger partial charge on any atom is 0.390 e. The molecule has 15 heteroatoms. The minimum absolute atomic E-state index is 0.102. The van der Waals surface area contributed by atoms with Gasteiger partial charge in [0.05, 0.1) is 41.3 Å². The standard InChI is InChI=1S/C20H19F3N8O3S/c21-20(22,23)4-6-30-15-7-17(25-9-14(15)27-18(30)11-32)28-16-3-5-24-19(29-16)12-8-26-31(10-12)35(33,34)13-1-2-13/h3,5,7-10,13,32H,1-2,4,6,11H2,(H,24,25,28,29). The van der Waals surface area contributed by atoms with E-state index < -0.39 is 41.0 Å². The van der Waals surface area contributed by atoms with Crippen LogP contribution in [0.3, 0.4) is 0 Å². The molecule has 0 saturated heterocycles. The first-order chi connectivity index (χ1) is 16.6. The van der Waals surface area contributed by atoms with Gasteiger partial charge in [0.1, 0.15) is 29.6 Å². The van der Waals surface area contributed by atoms with Crippen LogP contribution in [0.15, 0.2) is 36.9 Å². The molecule has 4 aromatic heterocycles. The second-order valence-corrected chi connectivity index (χ2v) is 10.1. The summed E-state index contributed by atoms with van der Waals surface area (Å²) < 4.78 is 65.2. The topological polar surface area (TPSA) is 141 Å². The molecule has 11 nitrogen and oxygen atoms in total. The van der Waals surface area contributed by atoms with Crippen LogP contribution in [-0.4, -0.2) is 58.6 Å². The van der Waals surface area contributed by atoms with E-state index in [0.29, 0.717) is 35.3 Å². The molecule has 0 aromatic carbocycles. The molecule has 0 unspecified atom stereocenters. The van der Waals surface area contributed by atoms with Crippen molar-refractivity contribution in [2.24, 2.45) is 0 Å². The van der Waals surface area contributed by atoms with Gasteiger partial charge >= 0.3 is 6.18 Å². The summed E-state index contributed by atoms with van der Waals surface area (Å²) in [7, 11) is -3.52. The van der Waals surface area contributed by atoms with Gasteiger partial charge in [-0.1, -0.05) is 0 Å². The van der Waals surface area contributed by atoms with Gasteiger partial charge in [0.15, 0.2) is 5.82 Å². The van der Waals surface area contributed by atoms with Gasteiger partial charge in [-0.15, -0.1) is 0 Å². The monoisotopic (exact) mass is 508 g/mol. The zero-order chi connectivity index (χ0) is 24.8. The smallest absolute Gasteiger partial charge is 0.388 e. The molecular formula is C20H19F3N8O3S. The first-order valence-corrected chi connectivity index (χ1v) is 12.1. The highest BCUT2D eigenvalue weighted by molar-refractivity contribution is 7.90. The van der Waals surface area contributed by atoms with E-state index in [4.69, 9.17) is 0 Å². The normalized spacial score (nSPS) is 14.5. The number of fused-ring (bicyclic) bond motifs is 1. The number of aryl methyl sites for hydroxylation is 1. The Morgan fingerprint density at radius 2 is 1.94 bits per heavy atom. The van der Waals surface area contributed by atoms with E-state index in [2.05, 4.69) is 30.4 Å². The summed E-state index contributed by atoms with van der Waals surface area (Å²) in [4.78, 5) is 16.9. The van der Waals surface area contributed by atoms with Crippen molar-refractivity contribution in [2.45, 2.75) is 43.8 Å². The predicted molar refractivity (Wildman–Crippen MR) is 118 cm³/mol. The summed E-state index contributed by atoms with van der Waals surface area (Å²) >= 11 is 0. The van der Waals surface area contributed by atoms with Crippen LogP contribution < -0.4 is 5.32 Å². The van der Waals surface area contributed by atoms with Gasteiger partial charge in [-0.3, -0.25) is 0 Å². The first kappa shape index (κ1) is 23.2. The molecule has 0 bridgehead atoms. The van der Waals surface area contributed by atoms with Crippen molar-refractivity contribution in [3.8, 4) is 11.4 Å². The van der Waals surface area contributed by atoms with Crippen LogP contribution in [0.1, 0.15) is 25.1 Å². The van der Waals surface area contributed by atoms with Crippen LogP contribution in [0.25, 0.3) is 22.4 Å². The van der Waals surface area contributed by atoms with E-state index in [9.17, 15) is 26.7 Å². The SMILES string of the molecule is O=S(=O)(C1CC1)n1cc(-c2nccc(Nc3cc4c(cn3)nc(CO)n4CCC(F)(F)F)n2)cn1. The van der Waals surface area contributed by atoms with Crippen LogP contribution >= 0.6 is 0 Å². The van der Waals surface area contributed by atoms with E-state index in [0.717, 1.165) is 4.09 Å². The second-order valence-electron chi connectivity index (χ2n) is 8.00. The summed E-state index contributed by atoms with van der Waals surface area (Å²) in [6, 6.07) is 3.07. The van der Waals surface area contributed by atoms with Crippen LogP contribution in [0.5, 0.6) is 0 Å². The molecule has 4 heterocycles. The lowest BCUT2D eigenvalue weighted by molar-refractivity contribution is -0.136. The van der Waals surface area contributed by atoms with Crippen LogP contribution in [0, 0.1) is 0 Å². The fourth-order valence-corrected chi connectivity index (χ4v) is 5.01. The highest BCUT2D eigenvalue weighted by Crippen LogP contribution is 2.30. The van der Waals surface area contributed by atoms with E-state index in [1.54, 1.807) is 6.07 Å². The van der Waals surface area contributed by atoms with Gasteiger partial charge in [-0.25, -0.2) is 28.4 Å². The fraction of sp³-hybridized carbons (Fsp3) is 0.350. The summed E-state index contributed by atoms with van der Waals surface area (Å²) in [5.41, 5.74) is 1.12. The van der Waals surface area contributed by atoms with E-state index in [-0.39, 0.29) is 17.5 Å². The number of anilines is 2. The Labute approximate surface area is 196 Å². The van der Waals surface area contributed by atoms with Crippen molar-refractivity contribution in [1.82, 2.24) is 33.7 Å². The molecule has 2 N–H and O–H groups in total. The molecule has 184 valence electrons. The molecule has 1 aliphatic rings. The second kappa shape index (κ2) is 8.57. The number of hydrogen-bond acceptors (Lipinski definition) is 9. The molecule has 1 fully saturated rings. The van der Waals surface area contributed by atoms with Gasteiger partial charge in [-0.05, 0) is 18.9 Å². The quantitative estimate of drug-likeness (QED) is 0.367. The number of hydrogen-bond donors (Lipinski definition) is 2. The van der Waals surface area contributed by atoms with Gasteiger partial charge in [-0.2, -0.15) is 22.4 Å². The molecule has 0 spiro atoms. The summed E-state index contributed by atoms with van der Waals surface area (Å²) in [6.45, 7) is -0.917. The number of aliphatic hydroxyl groups is 1. The number of imidazole rings is 1. The van der Waals surface area contributed by atoms with Crippen molar-refractivity contribution in [3.05, 3.63) is 42.7 Å². The minimum atomic E-state index is -4.36. The lowest BCUT2D eigenvalue weighted by Gasteiger charge is -2.11.